The fourth-order valence-electron chi connectivity index (χ4n) is 2.87. The maximum atomic E-state index is 2.68. The number of rotatable bonds is 2. The van der Waals surface area contributed by atoms with Gasteiger partial charge in [-0.15, -0.1) is 0 Å². The van der Waals surface area contributed by atoms with Crippen molar-refractivity contribution in [2.45, 2.75) is 58.4 Å². The average Bonchev–Trinajstić information content (AvgIpc) is 2.14. The van der Waals surface area contributed by atoms with Crippen LogP contribution in [0.2, 0.25) is 0 Å². The van der Waals surface area contributed by atoms with Crippen molar-refractivity contribution in [3.63, 3.8) is 0 Å². The van der Waals surface area contributed by atoms with Gasteiger partial charge in [0.1, 0.15) is 0 Å². The van der Waals surface area contributed by atoms with E-state index >= 15 is 0 Å². The predicted molar refractivity (Wildman–Crippen MR) is 56.8 cm³/mol. The Kier molecular flexibility index (Phi) is 2.64. The van der Waals surface area contributed by atoms with Gasteiger partial charge in [-0.2, -0.15) is 0 Å². The smallest absolute Gasteiger partial charge is 0.00643 e. The Labute approximate surface area is 82.5 Å². The van der Waals surface area contributed by atoms with Crippen molar-refractivity contribution in [3.8, 4) is 0 Å². The number of hydrogen-bond donors (Lipinski definition) is 0. The molecule has 0 radical (unpaired) electrons. The first kappa shape index (κ1) is 9.51. The van der Waals surface area contributed by atoms with Crippen LogP contribution in [-0.2, 0) is 0 Å². The minimum absolute atomic E-state index is 0.817. The van der Waals surface area contributed by atoms with Crippen molar-refractivity contribution in [1.29, 1.82) is 0 Å². The number of piperidine rings is 1. The monoisotopic (exact) mass is 181 g/mol. The van der Waals surface area contributed by atoms with Crippen molar-refractivity contribution in [3.05, 3.63) is 0 Å². The van der Waals surface area contributed by atoms with E-state index in [-0.39, 0.29) is 0 Å². The molecule has 1 heterocycles. The summed E-state index contributed by atoms with van der Waals surface area (Å²) < 4.78 is 0. The molecule has 2 rings (SSSR count). The molecule has 1 aliphatic heterocycles. The zero-order valence-corrected chi connectivity index (χ0v) is 9.18. The van der Waals surface area contributed by atoms with Crippen molar-refractivity contribution in [2.24, 2.45) is 5.41 Å². The summed E-state index contributed by atoms with van der Waals surface area (Å²) in [4.78, 5) is 2.68. The number of nitrogens with zero attached hydrogens (tertiary/aromatic N) is 1. The van der Waals surface area contributed by atoms with Crippen LogP contribution < -0.4 is 0 Å². The lowest BCUT2D eigenvalue weighted by atomic mass is 9.63. The second-order valence-corrected chi connectivity index (χ2v) is 5.15. The molecule has 1 atom stereocenters. The fourth-order valence-corrected chi connectivity index (χ4v) is 2.87. The van der Waals surface area contributed by atoms with Crippen molar-refractivity contribution in [1.82, 2.24) is 4.90 Å². The van der Waals surface area contributed by atoms with E-state index in [4.69, 9.17) is 0 Å². The average molecular weight is 181 g/mol. The molecule has 0 aromatic rings. The minimum Gasteiger partial charge on any atom is -0.301 e. The van der Waals surface area contributed by atoms with Crippen LogP contribution in [0.4, 0.5) is 0 Å². The molecule has 2 fully saturated rings. The van der Waals surface area contributed by atoms with Crippen LogP contribution in [0.1, 0.15) is 52.4 Å². The molecule has 0 bridgehead atoms. The molecule has 1 nitrogen and oxygen atoms in total. The van der Waals surface area contributed by atoms with Gasteiger partial charge in [0, 0.05) is 6.04 Å². The maximum Gasteiger partial charge on any atom is 0.00643 e. The Morgan fingerprint density at radius 2 is 1.77 bits per heavy atom. The third kappa shape index (κ3) is 1.76. The zero-order chi connectivity index (χ0) is 9.31. The van der Waals surface area contributed by atoms with Crippen molar-refractivity contribution in [2.75, 3.05) is 13.1 Å². The Morgan fingerprint density at radius 1 is 1.15 bits per heavy atom. The fraction of sp³-hybridized carbons (Fsp3) is 1.00. The van der Waals surface area contributed by atoms with E-state index in [9.17, 15) is 0 Å². The summed E-state index contributed by atoms with van der Waals surface area (Å²) in [5, 5.41) is 0. The number of likely N-dealkylation sites (tertiary alicyclic amines) is 1. The van der Waals surface area contributed by atoms with Gasteiger partial charge in [0.15, 0.2) is 0 Å². The first-order valence-corrected chi connectivity index (χ1v) is 6.00. The van der Waals surface area contributed by atoms with Crippen LogP contribution in [0.25, 0.3) is 0 Å². The third-order valence-electron chi connectivity index (χ3n) is 4.49. The van der Waals surface area contributed by atoms with E-state index in [0.717, 1.165) is 11.5 Å². The first-order valence-electron chi connectivity index (χ1n) is 6.00. The summed E-state index contributed by atoms with van der Waals surface area (Å²) in [5.41, 5.74) is 0.823. The lowest BCUT2D eigenvalue weighted by molar-refractivity contribution is 0.0185. The van der Waals surface area contributed by atoms with Gasteiger partial charge < -0.3 is 4.90 Å². The topological polar surface area (TPSA) is 3.24 Å². The molecular formula is C12H23N. The van der Waals surface area contributed by atoms with Gasteiger partial charge in [-0.25, -0.2) is 0 Å². The van der Waals surface area contributed by atoms with Gasteiger partial charge >= 0.3 is 0 Å². The summed E-state index contributed by atoms with van der Waals surface area (Å²) in [5.74, 6) is 0. The molecule has 0 amide bonds. The molecule has 0 aromatic heterocycles. The standard InChI is InChI=1S/C12H23N/c1-3-11(2)13-9-7-12(8-10-13)5-4-6-12/h11H,3-10H2,1-2H3. The summed E-state index contributed by atoms with van der Waals surface area (Å²) >= 11 is 0. The van der Waals surface area contributed by atoms with Crippen LogP contribution in [0.15, 0.2) is 0 Å². The predicted octanol–water partition coefficient (Wildman–Crippen LogP) is 3.05. The molecule has 0 aromatic carbocycles. The van der Waals surface area contributed by atoms with Gasteiger partial charge in [0.25, 0.3) is 0 Å². The molecule has 2 aliphatic rings. The summed E-state index contributed by atoms with van der Waals surface area (Å²) in [6, 6.07) is 0.817. The van der Waals surface area contributed by atoms with Crippen LogP contribution in [0, 0.1) is 5.41 Å². The SMILES string of the molecule is CCC(C)N1CCC2(CCC2)CC1. The van der Waals surface area contributed by atoms with E-state index < -0.39 is 0 Å². The van der Waals surface area contributed by atoms with Gasteiger partial charge in [0.05, 0.1) is 0 Å². The van der Waals surface area contributed by atoms with Crippen LogP contribution >= 0.6 is 0 Å². The second-order valence-electron chi connectivity index (χ2n) is 5.15. The van der Waals surface area contributed by atoms with E-state index in [1.807, 2.05) is 0 Å². The van der Waals surface area contributed by atoms with Crippen LogP contribution in [-0.4, -0.2) is 24.0 Å². The Bertz CT molecular complexity index is 162. The summed E-state index contributed by atoms with van der Waals surface area (Å²) in [7, 11) is 0. The first-order chi connectivity index (χ1) is 6.26. The third-order valence-corrected chi connectivity index (χ3v) is 4.49. The van der Waals surface area contributed by atoms with E-state index in [1.165, 1.54) is 51.6 Å². The van der Waals surface area contributed by atoms with Gasteiger partial charge in [-0.3, -0.25) is 0 Å². The molecule has 1 saturated heterocycles. The molecule has 1 aliphatic carbocycles. The maximum absolute atomic E-state index is 2.68. The van der Waals surface area contributed by atoms with Crippen LogP contribution in [0.3, 0.4) is 0 Å². The molecule has 0 N–H and O–H groups in total. The molecule has 1 unspecified atom stereocenters. The molecule has 1 saturated carbocycles. The lowest BCUT2D eigenvalue weighted by Crippen LogP contribution is -2.46. The van der Waals surface area contributed by atoms with E-state index in [1.54, 1.807) is 0 Å². The molecule has 76 valence electrons. The quantitative estimate of drug-likeness (QED) is 0.633. The Balaban J connectivity index is 1.82. The number of hydrogen-bond acceptors (Lipinski definition) is 1. The van der Waals surface area contributed by atoms with Gasteiger partial charge in [-0.1, -0.05) is 13.3 Å². The molecule has 13 heavy (non-hydrogen) atoms. The van der Waals surface area contributed by atoms with Crippen LogP contribution in [0.5, 0.6) is 0 Å². The van der Waals surface area contributed by atoms with E-state index in [2.05, 4.69) is 18.7 Å². The minimum atomic E-state index is 0.817. The zero-order valence-electron chi connectivity index (χ0n) is 9.18. The highest BCUT2D eigenvalue weighted by molar-refractivity contribution is 4.92. The second kappa shape index (κ2) is 3.61. The van der Waals surface area contributed by atoms with Gasteiger partial charge in [0.2, 0.25) is 0 Å². The lowest BCUT2D eigenvalue weighted by Gasteiger charge is -2.49. The van der Waals surface area contributed by atoms with Crippen molar-refractivity contribution >= 4 is 0 Å². The highest BCUT2D eigenvalue weighted by Gasteiger charge is 2.39. The highest BCUT2D eigenvalue weighted by Crippen LogP contribution is 2.48. The normalized spacial score (nSPS) is 30.0. The summed E-state index contributed by atoms with van der Waals surface area (Å²) in [6.07, 6.45) is 8.84. The summed E-state index contributed by atoms with van der Waals surface area (Å²) in [6.45, 7) is 7.42. The largest absolute Gasteiger partial charge is 0.301 e. The van der Waals surface area contributed by atoms with E-state index in [0.29, 0.717) is 0 Å². The Hall–Kier alpha value is -0.0400. The molecule has 1 spiro atoms. The molecular weight excluding hydrogens is 158 g/mol. The van der Waals surface area contributed by atoms with Crippen molar-refractivity contribution < 1.29 is 0 Å². The van der Waals surface area contributed by atoms with Gasteiger partial charge in [-0.05, 0) is 57.5 Å². The highest BCUT2D eigenvalue weighted by atomic mass is 15.2. The Morgan fingerprint density at radius 3 is 2.15 bits per heavy atom. The molecule has 1 heteroatoms.